The van der Waals surface area contributed by atoms with E-state index in [9.17, 15) is 16.8 Å². The van der Waals surface area contributed by atoms with Crippen LogP contribution >= 0.6 is 0 Å². The van der Waals surface area contributed by atoms with E-state index in [1.807, 2.05) is 13.8 Å². The second-order valence-corrected chi connectivity index (χ2v) is 10.8. The average Bonchev–Trinajstić information content (AvgIpc) is 2.66. The highest BCUT2D eigenvalue weighted by Crippen LogP contribution is 2.31. The van der Waals surface area contributed by atoms with Crippen molar-refractivity contribution < 1.29 is 26.3 Å². The van der Waals surface area contributed by atoms with Crippen molar-refractivity contribution in [3.8, 4) is 11.5 Å². The second-order valence-electron chi connectivity index (χ2n) is 6.82. The normalized spacial score (nSPS) is 17.2. The van der Waals surface area contributed by atoms with Crippen LogP contribution in [0.1, 0.15) is 20.3 Å². The molecule has 1 aliphatic heterocycles. The van der Waals surface area contributed by atoms with Gasteiger partial charge in [0.25, 0.3) is 0 Å². The van der Waals surface area contributed by atoms with Crippen LogP contribution in [0.25, 0.3) is 0 Å². The Kier molecular flexibility index (Phi) is 7.12. The van der Waals surface area contributed by atoms with Gasteiger partial charge in [-0.3, -0.25) is 0 Å². The lowest BCUT2D eigenvalue weighted by Gasteiger charge is -2.33. The van der Waals surface area contributed by atoms with Crippen LogP contribution in [0.2, 0.25) is 0 Å². The summed E-state index contributed by atoms with van der Waals surface area (Å²) < 4.78 is 63.6. The first-order valence-electron chi connectivity index (χ1n) is 8.82. The van der Waals surface area contributed by atoms with E-state index >= 15 is 0 Å². The number of sulfonamides is 2. The predicted octanol–water partition coefficient (Wildman–Crippen LogP) is 1.39. The van der Waals surface area contributed by atoms with Crippen molar-refractivity contribution in [1.29, 1.82) is 0 Å². The predicted molar refractivity (Wildman–Crippen MR) is 103 cm³/mol. The third-order valence-corrected chi connectivity index (χ3v) is 8.34. The van der Waals surface area contributed by atoms with Gasteiger partial charge in [-0.25, -0.2) is 16.8 Å². The minimum atomic E-state index is -3.74. The molecule has 0 atom stereocenters. The third-order valence-electron chi connectivity index (χ3n) is 4.54. The summed E-state index contributed by atoms with van der Waals surface area (Å²) in [4.78, 5) is 0.0938. The summed E-state index contributed by atoms with van der Waals surface area (Å²) >= 11 is 0. The average molecular weight is 421 g/mol. The molecule has 0 N–H and O–H groups in total. The Bertz CT molecular complexity index is 844. The molecule has 27 heavy (non-hydrogen) atoms. The number of ether oxygens (including phenoxy) is 2. The lowest BCUT2D eigenvalue weighted by Crippen LogP contribution is -2.51. The molecule has 8 nitrogen and oxygen atoms in total. The lowest BCUT2D eigenvalue weighted by molar-refractivity contribution is 0.272. The Balaban J connectivity index is 2.11. The van der Waals surface area contributed by atoms with Crippen molar-refractivity contribution in [2.24, 2.45) is 5.92 Å². The summed E-state index contributed by atoms with van der Waals surface area (Å²) in [6.45, 7) is 4.52. The van der Waals surface area contributed by atoms with Crippen LogP contribution in [0.4, 0.5) is 0 Å². The molecule has 0 spiro atoms. The van der Waals surface area contributed by atoms with Crippen LogP contribution in [0.5, 0.6) is 11.5 Å². The fourth-order valence-corrected chi connectivity index (χ4v) is 6.01. The lowest BCUT2D eigenvalue weighted by atomic mass is 10.2. The van der Waals surface area contributed by atoms with Gasteiger partial charge in [-0.05, 0) is 24.5 Å². The van der Waals surface area contributed by atoms with Crippen LogP contribution in [0.15, 0.2) is 23.1 Å². The van der Waals surface area contributed by atoms with Gasteiger partial charge in [0.1, 0.15) is 0 Å². The monoisotopic (exact) mass is 420 g/mol. The maximum Gasteiger partial charge on any atom is 0.243 e. The largest absolute Gasteiger partial charge is 0.493 e. The maximum absolute atomic E-state index is 12.9. The molecule has 0 saturated carbocycles. The number of rotatable bonds is 8. The third kappa shape index (κ3) is 5.13. The maximum atomic E-state index is 12.9. The Morgan fingerprint density at radius 3 is 2.00 bits per heavy atom. The molecule has 0 aliphatic carbocycles. The molecule has 1 aliphatic rings. The Labute approximate surface area is 162 Å². The van der Waals surface area contributed by atoms with E-state index in [4.69, 9.17) is 9.47 Å². The molecular formula is C17H28N2O6S2. The summed E-state index contributed by atoms with van der Waals surface area (Å²) in [7, 11) is -4.18. The molecule has 1 aromatic rings. The molecule has 2 rings (SSSR count). The van der Waals surface area contributed by atoms with Crippen LogP contribution in [0.3, 0.4) is 0 Å². The minimum absolute atomic E-state index is 0.0904. The van der Waals surface area contributed by atoms with Gasteiger partial charge in [-0.1, -0.05) is 13.8 Å². The van der Waals surface area contributed by atoms with Gasteiger partial charge in [-0.2, -0.15) is 8.61 Å². The Hall–Kier alpha value is -1.36. The fraction of sp³-hybridized carbons (Fsp3) is 0.647. The smallest absolute Gasteiger partial charge is 0.243 e. The van der Waals surface area contributed by atoms with E-state index in [2.05, 4.69) is 0 Å². The second kappa shape index (κ2) is 8.76. The topological polar surface area (TPSA) is 93.2 Å². The number of hydrogen-bond donors (Lipinski definition) is 0. The van der Waals surface area contributed by atoms with Gasteiger partial charge >= 0.3 is 0 Å². The summed E-state index contributed by atoms with van der Waals surface area (Å²) in [5.74, 6) is 1.16. The van der Waals surface area contributed by atoms with Crippen LogP contribution in [-0.2, 0) is 20.0 Å². The molecule has 1 heterocycles. The highest BCUT2D eigenvalue weighted by molar-refractivity contribution is 7.89. The van der Waals surface area contributed by atoms with Crippen LogP contribution in [0, 0.1) is 5.92 Å². The Morgan fingerprint density at radius 2 is 1.48 bits per heavy atom. The van der Waals surface area contributed by atoms with Gasteiger partial charge in [-0.15, -0.1) is 0 Å². The first-order valence-corrected chi connectivity index (χ1v) is 11.9. The number of nitrogens with zero attached hydrogens (tertiary/aromatic N) is 2. The van der Waals surface area contributed by atoms with Crippen molar-refractivity contribution in [2.45, 2.75) is 25.2 Å². The summed E-state index contributed by atoms with van der Waals surface area (Å²) in [6, 6.07) is 4.42. The molecule has 0 unspecified atom stereocenters. The molecule has 0 bridgehead atoms. The molecule has 0 amide bonds. The van der Waals surface area contributed by atoms with Crippen LogP contribution < -0.4 is 9.47 Å². The summed E-state index contributed by atoms with van der Waals surface area (Å²) in [5.41, 5.74) is 0. The van der Waals surface area contributed by atoms with E-state index in [1.54, 1.807) is 6.07 Å². The van der Waals surface area contributed by atoms with Crippen molar-refractivity contribution >= 4 is 20.0 Å². The first kappa shape index (κ1) is 21.9. The van der Waals surface area contributed by atoms with E-state index < -0.39 is 20.0 Å². The van der Waals surface area contributed by atoms with Crippen molar-refractivity contribution in [1.82, 2.24) is 8.61 Å². The highest BCUT2D eigenvalue weighted by atomic mass is 32.2. The van der Waals surface area contributed by atoms with E-state index in [0.29, 0.717) is 23.8 Å². The molecule has 0 aromatic heterocycles. The molecule has 1 saturated heterocycles. The molecule has 154 valence electrons. The SMILES string of the molecule is COc1ccc(S(=O)(=O)N2CCN(S(=O)(=O)CCC(C)C)CC2)cc1OC. The zero-order valence-corrected chi connectivity index (χ0v) is 17.8. The first-order chi connectivity index (χ1) is 12.6. The van der Waals surface area contributed by atoms with E-state index in [1.165, 1.54) is 35.0 Å². The molecule has 1 fully saturated rings. The minimum Gasteiger partial charge on any atom is -0.493 e. The standard InChI is InChI=1S/C17H28N2O6S2/c1-14(2)7-12-26(20,21)18-8-10-19(11-9-18)27(22,23)15-5-6-16(24-3)17(13-15)25-4/h5-6,13-14H,7-12H2,1-4H3. The zero-order valence-electron chi connectivity index (χ0n) is 16.2. The van der Waals surface area contributed by atoms with Crippen LogP contribution in [-0.4, -0.2) is 71.6 Å². The van der Waals surface area contributed by atoms with Gasteiger partial charge in [0.05, 0.1) is 24.9 Å². The number of benzene rings is 1. The van der Waals surface area contributed by atoms with Crippen molar-refractivity contribution in [3.05, 3.63) is 18.2 Å². The number of piperazine rings is 1. The van der Waals surface area contributed by atoms with Gasteiger partial charge < -0.3 is 9.47 Å². The highest BCUT2D eigenvalue weighted by Gasteiger charge is 2.33. The zero-order chi connectivity index (χ0) is 20.2. The molecule has 1 aromatic carbocycles. The Morgan fingerprint density at radius 1 is 0.926 bits per heavy atom. The summed E-state index contributed by atoms with van der Waals surface area (Å²) in [5, 5.41) is 0. The van der Waals surface area contributed by atoms with Gasteiger partial charge in [0.15, 0.2) is 11.5 Å². The molecule has 10 heteroatoms. The van der Waals surface area contributed by atoms with E-state index in [-0.39, 0.29) is 36.8 Å². The molecule has 0 radical (unpaired) electrons. The number of methoxy groups -OCH3 is 2. The van der Waals surface area contributed by atoms with Gasteiger partial charge in [0.2, 0.25) is 20.0 Å². The van der Waals surface area contributed by atoms with Crippen molar-refractivity contribution in [2.75, 3.05) is 46.2 Å². The van der Waals surface area contributed by atoms with Gasteiger partial charge in [0, 0.05) is 32.2 Å². The quantitative estimate of drug-likeness (QED) is 0.631. The summed E-state index contributed by atoms with van der Waals surface area (Å²) in [6.07, 6.45) is 0.590. The number of hydrogen-bond acceptors (Lipinski definition) is 6. The molecular weight excluding hydrogens is 392 g/mol. The fourth-order valence-electron chi connectivity index (χ4n) is 2.83. The van der Waals surface area contributed by atoms with E-state index in [0.717, 1.165) is 0 Å². The van der Waals surface area contributed by atoms with Crippen molar-refractivity contribution in [3.63, 3.8) is 0 Å².